The number of piperidine rings is 1. The summed E-state index contributed by atoms with van der Waals surface area (Å²) in [5.41, 5.74) is 7.84. The molecule has 6 rings (SSSR count). The molecule has 0 spiro atoms. The third kappa shape index (κ3) is 3.72. The Labute approximate surface area is 197 Å². The van der Waals surface area contributed by atoms with Crippen molar-refractivity contribution in [2.24, 2.45) is 0 Å². The minimum atomic E-state index is 0.324. The predicted octanol–water partition coefficient (Wildman–Crippen LogP) is 4.77. The summed E-state index contributed by atoms with van der Waals surface area (Å²) < 4.78 is 0. The first-order chi connectivity index (χ1) is 16.7. The van der Waals surface area contributed by atoms with Crippen molar-refractivity contribution in [2.45, 2.75) is 39.2 Å². The Morgan fingerprint density at radius 1 is 1.03 bits per heavy atom. The first-order valence-electron chi connectivity index (χ1n) is 11.8. The summed E-state index contributed by atoms with van der Waals surface area (Å²) in [6, 6.07) is 8.44. The zero-order chi connectivity index (χ0) is 23.1. The molecule has 0 bridgehead atoms. The summed E-state index contributed by atoms with van der Waals surface area (Å²) in [5.74, 6) is 0.663. The molecule has 5 aromatic heterocycles. The van der Waals surface area contributed by atoms with Crippen LogP contribution in [0.15, 0.2) is 42.9 Å². The molecule has 9 nitrogen and oxygen atoms in total. The van der Waals surface area contributed by atoms with E-state index < -0.39 is 0 Å². The van der Waals surface area contributed by atoms with E-state index in [0.717, 1.165) is 52.3 Å². The number of rotatable bonds is 5. The van der Waals surface area contributed by atoms with Crippen LogP contribution in [0.3, 0.4) is 0 Å². The quantitative estimate of drug-likeness (QED) is 0.351. The van der Waals surface area contributed by atoms with E-state index in [1.165, 1.54) is 19.3 Å². The first-order valence-corrected chi connectivity index (χ1v) is 11.8. The first kappa shape index (κ1) is 20.6. The van der Waals surface area contributed by atoms with Crippen LogP contribution in [-0.4, -0.2) is 54.2 Å². The van der Waals surface area contributed by atoms with Crippen molar-refractivity contribution in [2.75, 3.05) is 23.3 Å². The third-order valence-corrected chi connectivity index (χ3v) is 6.19. The smallest absolute Gasteiger partial charge is 0.180 e. The second-order valence-corrected chi connectivity index (χ2v) is 9.09. The van der Waals surface area contributed by atoms with Gasteiger partial charge in [0.2, 0.25) is 0 Å². The Kier molecular flexibility index (Phi) is 5.09. The van der Waals surface area contributed by atoms with Gasteiger partial charge >= 0.3 is 0 Å². The molecule has 0 atom stereocenters. The van der Waals surface area contributed by atoms with Gasteiger partial charge in [0, 0.05) is 43.3 Å². The summed E-state index contributed by atoms with van der Waals surface area (Å²) in [6.45, 7) is 6.33. The Bertz CT molecular complexity index is 1460. The van der Waals surface area contributed by atoms with Gasteiger partial charge in [0.05, 0.1) is 22.6 Å². The lowest BCUT2D eigenvalue weighted by atomic mass is 10.1. The number of H-pyrrole nitrogens is 2. The van der Waals surface area contributed by atoms with E-state index in [4.69, 9.17) is 9.97 Å². The lowest BCUT2D eigenvalue weighted by Crippen LogP contribution is -2.29. The average molecular weight is 454 g/mol. The number of nitrogens with zero attached hydrogens (tertiary/aromatic N) is 6. The maximum atomic E-state index is 4.93. The SMILES string of the molecule is CC(C)Nc1cncc(-c2ccc3[nH]nc(-c4nc5nccc(N6CCCCC6)c5[nH]4)c3n2)c1. The van der Waals surface area contributed by atoms with Crippen LogP contribution < -0.4 is 10.2 Å². The van der Waals surface area contributed by atoms with E-state index in [9.17, 15) is 0 Å². The normalized spacial score (nSPS) is 14.4. The molecular formula is C25H27N9. The molecular weight excluding hydrogens is 426 g/mol. The van der Waals surface area contributed by atoms with Crippen LogP contribution in [0.2, 0.25) is 0 Å². The van der Waals surface area contributed by atoms with Crippen molar-refractivity contribution < 1.29 is 0 Å². The van der Waals surface area contributed by atoms with Crippen molar-refractivity contribution in [3.05, 3.63) is 42.9 Å². The van der Waals surface area contributed by atoms with Gasteiger partial charge in [-0.1, -0.05) is 0 Å². The van der Waals surface area contributed by atoms with E-state index in [1.807, 2.05) is 30.7 Å². The van der Waals surface area contributed by atoms with Gasteiger partial charge in [-0.15, -0.1) is 0 Å². The Balaban J connectivity index is 1.41. The van der Waals surface area contributed by atoms with Gasteiger partial charge in [-0.2, -0.15) is 5.10 Å². The third-order valence-electron chi connectivity index (χ3n) is 6.19. The zero-order valence-corrected chi connectivity index (χ0v) is 19.3. The molecule has 0 saturated carbocycles. The highest BCUT2D eigenvalue weighted by Gasteiger charge is 2.20. The van der Waals surface area contributed by atoms with Crippen LogP contribution in [0.25, 0.3) is 45.0 Å². The molecule has 172 valence electrons. The zero-order valence-electron chi connectivity index (χ0n) is 19.3. The number of anilines is 2. The Hall–Kier alpha value is -4.01. The molecule has 1 fully saturated rings. The molecule has 0 aromatic carbocycles. The molecule has 5 aromatic rings. The maximum Gasteiger partial charge on any atom is 0.180 e. The summed E-state index contributed by atoms with van der Waals surface area (Å²) in [6.07, 6.45) is 9.20. The van der Waals surface area contributed by atoms with Gasteiger partial charge in [0.1, 0.15) is 11.0 Å². The van der Waals surface area contributed by atoms with Crippen molar-refractivity contribution >= 4 is 33.6 Å². The van der Waals surface area contributed by atoms with E-state index in [-0.39, 0.29) is 0 Å². The summed E-state index contributed by atoms with van der Waals surface area (Å²) >= 11 is 0. The lowest BCUT2D eigenvalue weighted by molar-refractivity contribution is 0.578. The van der Waals surface area contributed by atoms with Crippen molar-refractivity contribution in [3.8, 4) is 22.8 Å². The molecule has 3 N–H and O–H groups in total. The van der Waals surface area contributed by atoms with Crippen LogP contribution >= 0.6 is 0 Å². The minimum absolute atomic E-state index is 0.324. The van der Waals surface area contributed by atoms with E-state index in [2.05, 4.69) is 61.3 Å². The molecule has 1 saturated heterocycles. The molecule has 0 amide bonds. The number of aromatic amines is 2. The van der Waals surface area contributed by atoms with Gasteiger partial charge in [-0.25, -0.2) is 15.0 Å². The fraction of sp³-hybridized carbons (Fsp3) is 0.320. The average Bonchev–Trinajstić information content (AvgIpc) is 3.48. The molecule has 34 heavy (non-hydrogen) atoms. The predicted molar refractivity (Wildman–Crippen MR) is 135 cm³/mol. The molecule has 0 unspecified atom stereocenters. The van der Waals surface area contributed by atoms with E-state index >= 15 is 0 Å². The molecule has 1 aliphatic rings. The Morgan fingerprint density at radius 2 is 1.91 bits per heavy atom. The molecule has 0 aliphatic carbocycles. The van der Waals surface area contributed by atoms with Gasteiger partial charge in [-0.05, 0) is 57.4 Å². The van der Waals surface area contributed by atoms with Gasteiger partial charge < -0.3 is 15.2 Å². The van der Waals surface area contributed by atoms with Crippen molar-refractivity contribution in [1.82, 2.24) is 35.1 Å². The van der Waals surface area contributed by atoms with E-state index in [0.29, 0.717) is 23.2 Å². The van der Waals surface area contributed by atoms with Crippen LogP contribution in [-0.2, 0) is 0 Å². The summed E-state index contributed by atoms with van der Waals surface area (Å²) in [5, 5.41) is 11.0. The highest BCUT2D eigenvalue weighted by atomic mass is 15.2. The van der Waals surface area contributed by atoms with Crippen LogP contribution in [0, 0.1) is 0 Å². The van der Waals surface area contributed by atoms with E-state index in [1.54, 1.807) is 0 Å². The van der Waals surface area contributed by atoms with Crippen LogP contribution in [0.1, 0.15) is 33.1 Å². The largest absolute Gasteiger partial charge is 0.382 e. The number of pyridine rings is 3. The summed E-state index contributed by atoms with van der Waals surface area (Å²) in [4.78, 5) is 24.5. The van der Waals surface area contributed by atoms with Crippen LogP contribution in [0.5, 0.6) is 0 Å². The lowest BCUT2D eigenvalue weighted by Gasteiger charge is -2.28. The monoisotopic (exact) mass is 453 g/mol. The number of imidazole rings is 1. The fourth-order valence-corrected chi connectivity index (χ4v) is 4.63. The summed E-state index contributed by atoms with van der Waals surface area (Å²) in [7, 11) is 0. The molecule has 9 heteroatoms. The number of fused-ring (bicyclic) bond motifs is 2. The molecule has 6 heterocycles. The number of aromatic nitrogens is 7. The van der Waals surface area contributed by atoms with Crippen LogP contribution in [0.4, 0.5) is 11.4 Å². The maximum absolute atomic E-state index is 4.93. The Morgan fingerprint density at radius 3 is 2.76 bits per heavy atom. The van der Waals surface area contributed by atoms with Gasteiger partial charge in [-0.3, -0.25) is 10.1 Å². The topological polar surface area (TPSA) is 111 Å². The minimum Gasteiger partial charge on any atom is -0.382 e. The fourth-order valence-electron chi connectivity index (χ4n) is 4.63. The second-order valence-electron chi connectivity index (χ2n) is 9.09. The highest BCUT2D eigenvalue weighted by Crippen LogP contribution is 2.31. The molecule has 1 aliphatic heterocycles. The van der Waals surface area contributed by atoms with Crippen molar-refractivity contribution in [3.63, 3.8) is 0 Å². The van der Waals surface area contributed by atoms with Crippen molar-refractivity contribution in [1.29, 1.82) is 0 Å². The number of hydrogen-bond donors (Lipinski definition) is 3. The van der Waals surface area contributed by atoms with Gasteiger partial charge in [0.25, 0.3) is 0 Å². The highest BCUT2D eigenvalue weighted by molar-refractivity contribution is 5.93. The number of hydrogen-bond acceptors (Lipinski definition) is 7. The standard InChI is InChI=1S/C25H27N9/c1-15(2)28-17-12-16(13-26-14-17)18-6-7-19-21(29-18)23(33-32-19)25-30-22-20(8-9-27-24(22)31-25)34-10-4-3-5-11-34/h6-9,12-15,28H,3-5,10-11H2,1-2H3,(H,32,33)(H,27,30,31). The van der Waals surface area contributed by atoms with Gasteiger partial charge in [0.15, 0.2) is 17.2 Å². The second kappa shape index (κ2) is 8.40. The number of nitrogens with one attached hydrogen (secondary N) is 3. The molecule has 0 radical (unpaired) electrons.